The highest BCUT2D eigenvalue weighted by Gasteiger charge is 2.15. The Kier molecular flexibility index (Phi) is 2.99. The molecule has 4 heteroatoms. The van der Waals surface area contributed by atoms with Crippen LogP contribution < -0.4 is 5.73 Å². The van der Waals surface area contributed by atoms with E-state index in [-0.39, 0.29) is 5.92 Å². The molecule has 1 rings (SSSR count). The second kappa shape index (κ2) is 3.80. The van der Waals surface area contributed by atoms with Crippen molar-refractivity contribution in [1.29, 1.82) is 0 Å². The van der Waals surface area contributed by atoms with E-state index in [0.29, 0.717) is 6.54 Å². The minimum atomic E-state index is -0.451. The fourth-order valence-corrected chi connectivity index (χ4v) is 1.52. The van der Waals surface area contributed by atoms with Gasteiger partial charge in [0.05, 0.1) is 16.5 Å². The van der Waals surface area contributed by atoms with Crippen LogP contribution in [0.25, 0.3) is 0 Å². The zero-order valence-corrected chi connectivity index (χ0v) is 7.21. The summed E-state index contributed by atoms with van der Waals surface area (Å²) in [6, 6.07) is 0. The maximum absolute atomic E-state index is 9.57. The predicted molar refractivity (Wildman–Crippen MR) is 45.3 cm³/mol. The first kappa shape index (κ1) is 8.64. The van der Waals surface area contributed by atoms with Gasteiger partial charge in [-0.05, 0) is 12.5 Å². The third-order valence-electron chi connectivity index (χ3n) is 1.65. The van der Waals surface area contributed by atoms with Crippen LogP contribution in [0.3, 0.4) is 0 Å². The first-order valence-electron chi connectivity index (χ1n) is 3.52. The van der Waals surface area contributed by atoms with E-state index in [4.69, 9.17) is 5.73 Å². The van der Waals surface area contributed by atoms with E-state index in [1.165, 1.54) is 11.3 Å². The van der Waals surface area contributed by atoms with Crippen molar-refractivity contribution in [2.45, 2.75) is 13.0 Å². The average Bonchev–Trinajstić information content (AvgIpc) is 2.53. The number of hydrogen-bond acceptors (Lipinski definition) is 4. The highest BCUT2D eigenvalue weighted by molar-refractivity contribution is 7.09. The Balaban J connectivity index is 2.62. The van der Waals surface area contributed by atoms with Crippen LogP contribution in [-0.4, -0.2) is 16.6 Å². The summed E-state index contributed by atoms with van der Waals surface area (Å²) in [6.07, 6.45) is 1.23. The molecule has 0 saturated heterocycles. The topological polar surface area (TPSA) is 59.1 Å². The monoisotopic (exact) mass is 172 g/mol. The van der Waals surface area contributed by atoms with Crippen molar-refractivity contribution in [3.05, 3.63) is 16.6 Å². The van der Waals surface area contributed by atoms with Gasteiger partial charge in [0, 0.05) is 6.20 Å². The predicted octanol–water partition coefficient (Wildman–Crippen LogP) is 0.771. The molecule has 2 unspecified atom stereocenters. The Hall–Kier alpha value is -0.450. The number of aliphatic hydroxyl groups excluding tert-OH is 1. The first-order chi connectivity index (χ1) is 5.25. The molecule has 1 aromatic heterocycles. The quantitative estimate of drug-likeness (QED) is 0.708. The molecule has 1 heterocycles. The van der Waals surface area contributed by atoms with E-state index in [1.54, 1.807) is 11.7 Å². The number of aliphatic hydroxyl groups is 1. The zero-order valence-electron chi connectivity index (χ0n) is 6.40. The lowest BCUT2D eigenvalue weighted by Crippen LogP contribution is -2.17. The molecule has 62 valence electrons. The summed E-state index contributed by atoms with van der Waals surface area (Å²) in [4.78, 5) is 4.77. The van der Waals surface area contributed by atoms with Gasteiger partial charge in [0.25, 0.3) is 0 Å². The molecule has 0 spiro atoms. The molecular formula is C7H12N2OS. The molecule has 0 aliphatic carbocycles. The van der Waals surface area contributed by atoms with Gasteiger partial charge in [-0.2, -0.15) is 0 Å². The fraction of sp³-hybridized carbons (Fsp3) is 0.571. The molecule has 0 radical (unpaired) electrons. The van der Waals surface area contributed by atoms with Gasteiger partial charge in [0.15, 0.2) is 0 Å². The molecule has 0 amide bonds. The Labute approximate surface area is 69.9 Å². The third kappa shape index (κ3) is 1.99. The molecule has 0 saturated carbocycles. The third-order valence-corrected chi connectivity index (χ3v) is 2.50. The maximum Gasteiger partial charge on any atom is 0.0935 e. The smallest absolute Gasteiger partial charge is 0.0935 e. The molecule has 2 atom stereocenters. The summed E-state index contributed by atoms with van der Waals surface area (Å²) in [7, 11) is 0. The van der Waals surface area contributed by atoms with Crippen LogP contribution >= 0.6 is 11.3 Å². The molecule has 0 bridgehead atoms. The van der Waals surface area contributed by atoms with E-state index >= 15 is 0 Å². The minimum Gasteiger partial charge on any atom is -0.387 e. The molecule has 1 aromatic rings. The lowest BCUT2D eigenvalue weighted by molar-refractivity contribution is 0.125. The number of hydrogen-bond donors (Lipinski definition) is 2. The van der Waals surface area contributed by atoms with Gasteiger partial charge < -0.3 is 10.8 Å². The molecule has 0 aliphatic heterocycles. The highest BCUT2D eigenvalue weighted by Crippen LogP contribution is 2.23. The Morgan fingerprint density at radius 3 is 3.00 bits per heavy atom. The SMILES string of the molecule is CC(CN)C(O)c1cncs1. The van der Waals surface area contributed by atoms with Gasteiger partial charge in [-0.3, -0.25) is 4.98 Å². The van der Waals surface area contributed by atoms with Crippen LogP contribution in [0.4, 0.5) is 0 Å². The standard InChI is InChI=1S/C7H12N2OS/c1-5(2-8)7(10)6-3-9-4-11-6/h3-5,7,10H,2,8H2,1H3. The molecule has 3 nitrogen and oxygen atoms in total. The summed E-state index contributed by atoms with van der Waals surface area (Å²) < 4.78 is 0. The van der Waals surface area contributed by atoms with Crippen LogP contribution in [0.15, 0.2) is 11.7 Å². The second-order valence-electron chi connectivity index (χ2n) is 2.56. The Bertz CT molecular complexity index is 200. The summed E-state index contributed by atoms with van der Waals surface area (Å²) >= 11 is 1.46. The molecule has 0 fully saturated rings. The maximum atomic E-state index is 9.57. The van der Waals surface area contributed by atoms with Crippen LogP contribution in [0, 0.1) is 5.92 Å². The zero-order chi connectivity index (χ0) is 8.27. The van der Waals surface area contributed by atoms with Gasteiger partial charge >= 0.3 is 0 Å². The number of rotatable bonds is 3. The normalized spacial score (nSPS) is 16.3. The van der Waals surface area contributed by atoms with Crippen molar-refractivity contribution in [3.8, 4) is 0 Å². The number of nitrogens with zero attached hydrogens (tertiary/aromatic N) is 1. The lowest BCUT2D eigenvalue weighted by Gasteiger charge is -2.14. The number of thiazole rings is 1. The summed E-state index contributed by atoms with van der Waals surface area (Å²) in [6.45, 7) is 2.42. The highest BCUT2D eigenvalue weighted by atomic mass is 32.1. The van der Waals surface area contributed by atoms with E-state index in [1.807, 2.05) is 6.92 Å². The fourth-order valence-electron chi connectivity index (χ4n) is 0.781. The van der Waals surface area contributed by atoms with Gasteiger partial charge in [0.1, 0.15) is 0 Å². The molecule has 3 N–H and O–H groups in total. The Morgan fingerprint density at radius 1 is 1.82 bits per heavy atom. The van der Waals surface area contributed by atoms with Crippen LogP contribution in [0.2, 0.25) is 0 Å². The van der Waals surface area contributed by atoms with Crippen LogP contribution in [0.5, 0.6) is 0 Å². The van der Waals surface area contributed by atoms with E-state index in [0.717, 1.165) is 4.88 Å². The molecular weight excluding hydrogens is 160 g/mol. The minimum absolute atomic E-state index is 0.107. The van der Waals surface area contributed by atoms with Crippen molar-refractivity contribution in [2.24, 2.45) is 11.7 Å². The van der Waals surface area contributed by atoms with E-state index in [9.17, 15) is 5.11 Å². The average molecular weight is 172 g/mol. The van der Waals surface area contributed by atoms with Gasteiger partial charge in [-0.25, -0.2) is 0 Å². The summed E-state index contributed by atoms with van der Waals surface area (Å²) in [5.74, 6) is 0.107. The van der Waals surface area contributed by atoms with Crippen molar-refractivity contribution in [2.75, 3.05) is 6.54 Å². The summed E-state index contributed by atoms with van der Waals surface area (Å²) in [5, 5.41) is 9.57. The van der Waals surface area contributed by atoms with Crippen molar-refractivity contribution in [1.82, 2.24) is 4.98 Å². The van der Waals surface area contributed by atoms with E-state index in [2.05, 4.69) is 4.98 Å². The van der Waals surface area contributed by atoms with E-state index < -0.39 is 6.10 Å². The number of aromatic nitrogens is 1. The van der Waals surface area contributed by atoms with Gasteiger partial charge in [-0.15, -0.1) is 11.3 Å². The van der Waals surface area contributed by atoms with Crippen molar-refractivity contribution >= 4 is 11.3 Å². The largest absolute Gasteiger partial charge is 0.387 e. The van der Waals surface area contributed by atoms with Gasteiger partial charge in [-0.1, -0.05) is 6.92 Å². The molecule has 0 aromatic carbocycles. The van der Waals surface area contributed by atoms with Crippen LogP contribution in [0.1, 0.15) is 17.9 Å². The van der Waals surface area contributed by atoms with Crippen molar-refractivity contribution in [3.63, 3.8) is 0 Å². The molecule has 0 aliphatic rings. The molecule has 11 heavy (non-hydrogen) atoms. The first-order valence-corrected chi connectivity index (χ1v) is 4.40. The second-order valence-corrected chi connectivity index (χ2v) is 3.48. The van der Waals surface area contributed by atoms with Crippen molar-refractivity contribution < 1.29 is 5.11 Å². The van der Waals surface area contributed by atoms with Crippen LogP contribution in [-0.2, 0) is 0 Å². The lowest BCUT2D eigenvalue weighted by atomic mass is 10.0. The Morgan fingerprint density at radius 2 is 2.55 bits per heavy atom. The van der Waals surface area contributed by atoms with Gasteiger partial charge in [0.2, 0.25) is 0 Å². The number of nitrogens with two attached hydrogens (primary N) is 1. The summed E-state index contributed by atoms with van der Waals surface area (Å²) in [5.41, 5.74) is 7.11.